The van der Waals surface area contributed by atoms with Crippen LogP contribution in [0.3, 0.4) is 0 Å². The van der Waals surface area contributed by atoms with Crippen molar-refractivity contribution in [3.8, 4) is 0 Å². The van der Waals surface area contributed by atoms with Crippen LogP contribution in [0.1, 0.15) is 142 Å². The summed E-state index contributed by atoms with van der Waals surface area (Å²) >= 11 is 0. The van der Waals surface area contributed by atoms with Crippen molar-refractivity contribution in [3.63, 3.8) is 0 Å². The molecule has 0 radical (unpaired) electrons. The van der Waals surface area contributed by atoms with Crippen LogP contribution in [0.25, 0.3) is 0 Å². The van der Waals surface area contributed by atoms with E-state index in [1.54, 1.807) is 0 Å². The van der Waals surface area contributed by atoms with E-state index in [0.29, 0.717) is 13.0 Å². The van der Waals surface area contributed by atoms with Crippen molar-refractivity contribution < 1.29 is 28.4 Å². The zero-order valence-corrected chi connectivity index (χ0v) is 25.7. The summed E-state index contributed by atoms with van der Waals surface area (Å²) in [5, 5.41) is 0. The van der Waals surface area contributed by atoms with Crippen LogP contribution in [0.2, 0.25) is 0 Å². The van der Waals surface area contributed by atoms with Gasteiger partial charge in [-0.05, 0) is 19.3 Å². The van der Waals surface area contributed by atoms with Gasteiger partial charge in [0.15, 0.2) is 24.6 Å². The summed E-state index contributed by atoms with van der Waals surface area (Å²) < 4.78 is 19.3. The number of nitrogens with zero attached hydrogens (tertiary/aromatic N) is 1. The first kappa shape index (κ1) is 34.3. The van der Waals surface area contributed by atoms with Crippen LogP contribution >= 0.6 is 0 Å². The number of carbonyl (C=O) groups is 2. The Morgan fingerprint density at radius 3 is 1.85 bits per heavy atom. The summed E-state index contributed by atoms with van der Waals surface area (Å²) in [6.07, 6.45) is 26.9. The fraction of sp³-hybridized carbons (Fsp3) is 0.794. The highest BCUT2D eigenvalue weighted by molar-refractivity contribution is 5.70. The molecule has 0 aromatic carbocycles. The molecular formula is C34H58NO5+. The fourth-order valence-electron chi connectivity index (χ4n) is 5.61. The van der Waals surface area contributed by atoms with Gasteiger partial charge in [-0.15, -0.1) is 0 Å². The second-order valence-electron chi connectivity index (χ2n) is 11.6. The Balaban J connectivity index is 1.53. The molecule has 2 heterocycles. The average molecular weight is 561 g/mol. The van der Waals surface area contributed by atoms with Crippen LogP contribution in [0.4, 0.5) is 0 Å². The SMILES string of the molecule is CCCCCCCCCCCCCCCCC[C@H]1OC[C@@H](OC(C)=O)[C@@H]1OC(=O)CCCCC[n+]1ccccc1. The maximum absolute atomic E-state index is 12.6. The number of ether oxygens (including phenoxy) is 3. The van der Waals surface area contributed by atoms with Gasteiger partial charge in [0.2, 0.25) is 0 Å². The summed E-state index contributed by atoms with van der Waals surface area (Å²) in [5.41, 5.74) is 0. The molecule has 0 aliphatic carbocycles. The summed E-state index contributed by atoms with van der Waals surface area (Å²) in [7, 11) is 0. The number of hydrogen-bond acceptors (Lipinski definition) is 5. The van der Waals surface area contributed by atoms with Crippen molar-refractivity contribution in [1.82, 2.24) is 0 Å². The van der Waals surface area contributed by atoms with Crippen LogP contribution < -0.4 is 4.57 Å². The lowest BCUT2D eigenvalue weighted by atomic mass is 10.0. The van der Waals surface area contributed by atoms with Crippen molar-refractivity contribution >= 4 is 11.9 Å². The Hall–Kier alpha value is -1.95. The smallest absolute Gasteiger partial charge is 0.306 e. The quantitative estimate of drug-likeness (QED) is 0.0727. The first-order valence-corrected chi connectivity index (χ1v) is 16.5. The number of unbranched alkanes of at least 4 members (excludes halogenated alkanes) is 16. The molecule has 228 valence electrons. The highest BCUT2D eigenvalue weighted by Crippen LogP contribution is 2.26. The van der Waals surface area contributed by atoms with Gasteiger partial charge < -0.3 is 14.2 Å². The molecule has 0 amide bonds. The third kappa shape index (κ3) is 16.3. The molecule has 3 atom stereocenters. The number of hydrogen-bond donors (Lipinski definition) is 0. The minimum absolute atomic E-state index is 0.190. The van der Waals surface area contributed by atoms with Crippen LogP contribution in [-0.2, 0) is 30.3 Å². The number of carbonyl (C=O) groups excluding carboxylic acids is 2. The van der Waals surface area contributed by atoms with Gasteiger partial charge in [0.1, 0.15) is 6.54 Å². The van der Waals surface area contributed by atoms with E-state index in [4.69, 9.17) is 14.2 Å². The largest absolute Gasteiger partial charge is 0.456 e. The third-order valence-electron chi connectivity index (χ3n) is 7.96. The summed E-state index contributed by atoms with van der Waals surface area (Å²) in [6.45, 7) is 4.92. The molecule has 1 aromatic rings. The van der Waals surface area contributed by atoms with E-state index in [1.165, 1.54) is 90.4 Å². The minimum Gasteiger partial charge on any atom is -0.456 e. The topological polar surface area (TPSA) is 65.7 Å². The Bertz CT molecular complexity index is 771. The van der Waals surface area contributed by atoms with Crippen molar-refractivity contribution in [2.75, 3.05) is 6.61 Å². The maximum Gasteiger partial charge on any atom is 0.306 e. The molecule has 1 aliphatic heterocycles. The molecule has 0 unspecified atom stereocenters. The molecule has 0 saturated carbocycles. The van der Waals surface area contributed by atoms with Gasteiger partial charge in [-0.1, -0.05) is 109 Å². The predicted molar refractivity (Wildman–Crippen MR) is 160 cm³/mol. The normalized spacial score (nSPS) is 18.6. The number of esters is 2. The first-order valence-electron chi connectivity index (χ1n) is 16.5. The van der Waals surface area contributed by atoms with Gasteiger partial charge in [-0.3, -0.25) is 9.59 Å². The van der Waals surface area contributed by atoms with Crippen LogP contribution in [0.15, 0.2) is 30.6 Å². The molecule has 1 fully saturated rings. The van der Waals surface area contributed by atoms with Gasteiger partial charge >= 0.3 is 11.9 Å². The summed E-state index contributed by atoms with van der Waals surface area (Å²) in [5.74, 6) is -0.581. The number of rotatable bonds is 24. The van der Waals surface area contributed by atoms with Crippen molar-refractivity contribution in [3.05, 3.63) is 30.6 Å². The Morgan fingerprint density at radius 2 is 1.27 bits per heavy atom. The van der Waals surface area contributed by atoms with Crippen molar-refractivity contribution in [2.24, 2.45) is 0 Å². The molecule has 1 aromatic heterocycles. The van der Waals surface area contributed by atoms with Gasteiger partial charge in [0.25, 0.3) is 0 Å². The number of pyridine rings is 1. The number of aromatic nitrogens is 1. The summed E-state index contributed by atoms with van der Waals surface area (Å²) in [4.78, 5) is 24.2. The maximum atomic E-state index is 12.6. The lowest BCUT2D eigenvalue weighted by molar-refractivity contribution is -0.697. The van der Waals surface area contributed by atoms with E-state index in [-0.39, 0.29) is 18.0 Å². The molecule has 1 saturated heterocycles. The van der Waals surface area contributed by atoms with Crippen molar-refractivity contribution in [2.45, 2.75) is 167 Å². The second-order valence-corrected chi connectivity index (χ2v) is 11.6. The van der Waals surface area contributed by atoms with Crippen LogP contribution in [0.5, 0.6) is 0 Å². The predicted octanol–water partition coefficient (Wildman–Crippen LogP) is 8.04. The molecule has 40 heavy (non-hydrogen) atoms. The average Bonchev–Trinajstić information content (AvgIpc) is 3.31. The minimum atomic E-state index is -0.503. The monoisotopic (exact) mass is 560 g/mol. The molecule has 1 aliphatic rings. The Labute approximate surface area is 244 Å². The Morgan fingerprint density at radius 1 is 0.725 bits per heavy atom. The highest BCUT2D eigenvalue weighted by atomic mass is 16.6. The molecule has 6 heteroatoms. The molecule has 0 bridgehead atoms. The first-order chi connectivity index (χ1) is 19.6. The molecule has 0 spiro atoms. The van der Waals surface area contributed by atoms with Crippen LogP contribution in [0, 0.1) is 0 Å². The van der Waals surface area contributed by atoms with Crippen LogP contribution in [-0.4, -0.2) is 36.9 Å². The van der Waals surface area contributed by atoms with E-state index in [1.807, 2.05) is 18.2 Å². The lowest BCUT2D eigenvalue weighted by Crippen LogP contribution is -2.37. The van der Waals surface area contributed by atoms with E-state index in [2.05, 4.69) is 23.9 Å². The molecule has 6 nitrogen and oxygen atoms in total. The van der Waals surface area contributed by atoms with E-state index in [0.717, 1.165) is 45.1 Å². The standard InChI is InChI=1S/C34H58NO5/c1-3-4-5-6-7-8-9-10-11-12-13-14-15-16-19-24-31-34(32(29-38-31)39-30(2)36)40-33(37)25-20-17-21-26-35-27-22-18-23-28-35/h18,22-23,27-28,31-32,34H,3-17,19-21,24-26,29H2,1-2H3/q+1/t31-,32-,34-/m1/s1. The van der Waals surface area contributed by atoms with Crippen molar-refractivity contribution in [1.29, 1.82) is 0 Å². The van der Waals surface area contributed by atoms with Gasteiger partial charge in [0.05, 0.1) is 12.7 Å². The fourth-order valence-corrected chi connectivity index (χ4v) is 5.61. The second kappa shape index (κ2) is 22.7. The number of aryl methyl sites for hydroxylation is 1. The van der Waals surface area contributed by atoms with E-state index >= 15 is 0 Å². The zero-order valence-electron chi connectivity index (χ0n) is 25.7. The van der Waals surface area contributed by atoms with Gasteiger partial charge in [-0.2, -0.15) is 0 Å². The molecular weight excluding hydrogens is 502 g/mol. The third-order valence-corrected chi connectivity index (χ3v) is 7.96. The van der Waals surface area contributed by atoms with Gasteiger partial charge in [0, 0.05) is 31.9 Å². The lowest BCUT2D eigenvalue weighted by Gasteiger charge is -2.23. The molecule has 2 rings (SSSR count). The molecule has 0 N–H and O–H groups in total. The highest BCUT2D eigenvalue weighted by Gasteiger charge is 2.41. The van der Waals surface area contributed by atoms with E-state index < -0.39 is 12.2 Å². The zero-order chi connectivity index (χ0) is 28.7. The summed E-state index contributed by atoms with van der Waals surface area (Å²) in [6, 6.07) is 6.06. The Kier molecular flexibility index (Phi) is 19.4. The van der Waals surface area contributed by atoms with Gasteiger partial charge in [-0.25, -0.2) is 4.57 Å². The van der Waals surface area contributed by atoms with E-state index in [9.17, 15) is 9.59 Å².